The molecule has 1 unspecified atom stereocenters. The Kier molecular flexibility index (Phi) is 6.31. The fraction of sp³-hybridized carbons (Fsp3) is 0.429. The normalized spacial score (nSPS) is 16.8. The van der Waals surface area contributed by atoms with Gasteiger partial charge in [0, 0.05) is 31.3 Å². The highest BCUT2D eigenvalue weighted by Gasteiger charge is 2.38. The molecule has 0 bridgehead atoms. The van der Waals surface area contributed by atoms with Crippen molar-refractivity contribution in [1.82, 2.24) is 20.3 Å². The molecule has 1 aromatic carbocycles. The molecule has 1 atom stereocenters. The Morgan fingerprint density at radius 3 is 2.52 bits per heavy atom. The van der Waals surface area contributed by atoms with E-state index in [0.29, 0.717) is 24.4 Å². The van der Waals surface area contributed by atoms with Crippen LogP contribution in [0.4, 0.5) is 0 Å². The summed E-state index contributed by atoms with van der Waals surface area (Å²) >= 11 is 0. The molecule has 1 aliphatic heterocycles. The summed E-state index contributed by atoms with van der Waals surface area (Å²) in [4.78, 5) is 41.8. The zero-order chi connectivity index (χ0) is 21.0. The van der Waals surface area contributed by atoms with Crippen LogP contribution >= 0.6 is 0 Å². The van der Waals surface area contributed by atoms with Gasteiger partial charge < -0.3 is 19.6 Å². The van der Waals surface area contributed by atoms with E-state index in [4.69, 9.17) is 4.52 Å². The van der Waals surface area contributed by atoms with Crippen LogP contribution in [0.3, 0.4) is 0 Å². The second-order valence-electron chi connectivity index (χ2n) is 7.59. The maximum atomic E-state index is 13.0. The summed E-state index contributed by atoms with van der Waals surface area (Å²) in [5, 5.41) is 6.66. The van der Waals surface area contributed by atoms with Crippen molar-refractivity contribution in [1.29, 1.82) is 0 Å². The van der Waals surface area contributed by atoms with Crippen molar-refractivity contribution in [3.8, 4) is 0 Å². The lowest BCUT2D eigenvalue weighted by atomic mass is 10.1. The molecule has 0 radical (unpaired) electrons. The molecular weight excluding hydrogens is 372 g/mol. The van der Waals surface area contributed by atoms with Crippen molar-refractivity contribution >= 4 is 17.7 Å². The minimum atomic E-state index is -0.771. The first kappa shape index (κ1) is 20.6. The van der Waals surface area contributed by atoms with Gasteiger partial charge in [-0.05, 0) is 25.0 Å². The first-order valence-corrected chi connectivity index (χ1v) is 9.73. The van der Waals surface area contributed by atoms with Gasteiger partial charge in [0.2, 0.25) is 5.91 Å². The molecular formula is C21H26N4O4. The van der Waals surface area contributed by atoms with E-state index in [2.05, 4.69) is 10.5 Å². The Labute approximate surface area is 169 Å². The number of piperazine rings is 1. The number of hydrogen-bond acceptors (Lipinski definition) is 5. The molecule has 1 N–H and O–H groups in total. The highest BCUT2D eigenvalue weighted by Crippen LogP contribution is 2.17. The van der Waals surface area contributed by atoms with E-state index < -0.39 is 6.04 Å². The average Bonchev–Trinajstić information content (AvgIpc) is 3.17. The van der Waals surface area contributed by atoms with E-state index in [1.807, 2.05) is 19.9 Å². The van der Waals surface area contributed by atoms with Gasteiger partial charge in [0.15, 0.2) is 5.69 Å². The van der Waals surface area contributed by atoms with Gasteiger partial charge in [0.25, 0.3) is 11.8 Å². The molecule has 2 aromatic rings. The van der Waals surface area contributed by atoms with E-state index in [1.165, 1.54) is 0 Å². The van der Waals surface area contributed by atoms with Crippen LogP contribution in [0.1, 0.15) is 40.5 Å². The smallest absolute Gasteiger partial charge is 0.276 e. The number of benzene rings is 1. The van der Waals surface area contributed by atoms with Crippen molar-refractivity contribution < 1.29 is 18.9 Å². The van der Waals surface area contributed by atoms with Gasteiger partial charge in [-0.25, -0.2) is 0 Å². The van der Waals surface area contributed by atoms with Crippen molar-refractivity contribution in [3.63, 3.8) is 0 Å². The predicted molar refractivity (Wildman–Crippen MR) is 106 cm³/mol. The Bertz CT molecular complexity index is 878. The van der Waals surface area contributed by atoms with E-state index in [1.54, 1.807) is 47.1 Å². The van der Waals surface area contributed by atoms with Crippen LogP contribution in [0.2, 0.25) is 0 Å². The first-order chi connectivity index (χ1) is 13.9. The van der Waals surface area contributed by atoms with Crippen LogP contribution in [0.25, 0.3) is 0 Å². The summed E-state index contributed by atoms with van der Waals surface area (Å²) in [5.74, 6) is 0.0148. The lowest BCUT2D eigenvalue weighted by Gasteiger charge is -2.40. The molecule has 1 fully saturated rings. The molecule has 0 saturated carbocycles. The summed E-state index contributed by atoms with van der Waals surface area (Å²) in [6.45, 7) is 6.88. The number of amides is 3. The van der Waals surface area contributed by atoms with Crippen molar-refractivity contribution in [2.45, 2.75) is 26.8 Å². The minimum absolute atomic E-state index is 0.104. The molecule has 0 aliphatic carbocycles. The van der Waals surface area contributed by atoms with Crippen molar-refractivity contribution in [2.75, 3.05) is 26.2 Å². The molecule has 0 spiro atoms. The fourth-order valence-electron chi connectivity index (χ4n) is 3.23. The van der Waals surface area contributed by atoms with Crippen LogP contribution in [-0.4, -0.2) is 64.9 Å². The van der Waals surface area contributed by atoms with Gasteiger partial charge in [-0.1, -0.05) is 37.2 Å². The van der Waals surface area contributed by atoms with Crippen LogP contribution in [0.15, 0.2) is 40.9 Å². The fourth-order valence-corrected chi connectivity index (χ4v) is 3.23. The predicted octanol–water partition coefficient (Wildman–Crippen LogP) is 1.72. The zero-order valence-electron chi connectivity index (χ0n) is 16.9. The molecule has 8 nitrogen and oxygen atoms in total. The first-order valence-electron chi connectivity index (χ1n) is 9.73. The maximum Gasteiger partial charge on any atom is 0.276 e. The second kappa shape index (κ2) is 8.89. The molecule has 1 aliphatic rings. The molecule has 8 heteroatoms. The molecule has 1 aromatic heterocycles. The standard InChI is InChI=1S/C21H26N4O4/c1-14(2)12-22-19(26)18-13-24(21(28)17-11-15(3)29-23-17)9-10-25(18)20(27)16-7-5-4-6-8-16/h4-8,11,14,18H,9-10,12-13H2,1-3H3,(H,22,26). The molecule has 1 saturated heterocycles. The van der Waals surface area contributed by atoms with E-state index >= 15 is 0 Å². The highest BCUT2D eigenvalue weighted by molar-refractivity contribution is 5.99. The van der Waals surface area contributed by atoms with E-state index in [9.17, 15) is 14.4 Å². The SMILES string of the molecule is Cc1cc(C(=O)N2CCN(C(=O)c3ccccc3)C(C(=O)NCC(C)C)C2)no1. The quantitative estimate of drug-likeness (QED) is 0.827. The number of carbonyl (C=O) groups excluding carboxylic acids is 3. The highest BCUT2D eigenvalue weighted by atomic mass is 16.5. The van der Waals surface area contributed by atoms with Crippen LogP contribution in [0.5, 0.6) is 0 Å². The summed E-state index contributed by atoms with van der Waals surface area (Å²) in [5.41, 5.74) is 0.715. The second-order valence-corrected chi connectivity index (χ2v) is 7.59. The monoisotopic (exact) mass is 398 g/mol. The topological polar surface area (TPSA) is 95.8 Å². The lowest BCUT2D eigenvalue weighted by molar-refractivity contribution is -0.127. The molecule has 2 heterocycles. The summed E-state index contributed by atoms with van der Waals surface area (Å²) in [6.07, 6.45) is 0. The number of aryl methyl sites for hydroxylation is 1. The molecule has 3 rings (SSSR count). The van der Waals surface area contributed by atoms with Gasteiger partial charge in [-0.2, -0.15) is 0 Å². The largest absolute Gasteiger partial charge is 0.361 e. The number of aromatic nitrogens is 1. The number of nitrogens with one attached hydrogen (secondary N) is 1. The minimum Gasteiger partial charge on any atom is -0.361 e. The Morgan fingerprint density at radius 1 is 1.17 bits per heavy atom. The molecule has 3 amide bonds. The molecule has 29 heavy (non-hydrogen) atoms. The van der Waals surface area contributed by atoms with Gasteiger partial charge in [-0.3, -0.25) is 14.4 Å². The average molecular weight is 398 g/mol. The summed E-state index contributed by atoms with van der Waals surface area (Å²) in [7, 11) is 0. The maximum absolute atomic E-state index is 13.0. The third-order valence-electron chi connectivity index (χ3n) is 4.78. The number of hydrogen-bond donors (Lipinski definition) is 1. The van der Waals surface area contributed by atoms with Crippen LogP contribution < -0.4 is 5.32 Å². The summed E-state index contributed by atoms with van der Waals surface area (Å²) < 4.78 is 4.99. The third kappa shape index (κ3) is 4.82. The zero-order valence-corrected chi connectivity index (χ0v) is 16.9. The number of carbonyl (C=O) groups is 3. The van der Waals surface area contributed by atoms with Crippen LogP contribution in [-0.2, 0) is 4.79 Å². The number of nitrogens with zero attached hydrogens (tertiary/aromatic N) is 3. The van der Waals surface area contributed by atoms with E-state index in [0.717, 1.165) is 0 Å². The van der Waals surface area contributed by atoms with Gasteiger partial charge >= 0.3 is 0 Å². The molecule has 154 valence electrons. The Balaban J connectivity index is 1.80. The van der Waals surface area contributed by atoms with E-state index in [-0.39, 0.29) is 42.4 Å². The van der Waals surface area contributed by atoms with Crippen LogP contribution in [0, 0.1) is 12.8 Å². The Hall–Kier alpha value is -3.16. The third-order valence-corrected chi connectivity index (χ3v) is 4.78. The van der Waals surface area contributed by atoms with Gasteiger partial charge in [-0.15, -0.1) is 0 Å². The van der Waals surface area contributed by atoms with Gasteiger partial charge in [0.05, 0.1) is 6.54 Å². The summed E-state index contributed by atoms with van der Waals surface area (Å²) in [6, 6.07) is 9.65. The number of rotatable bonds is 5. The Morgan fingerprint density at radius 2 is 1.90 bits per heavy atom. The van der Waals surface area contributed by atoms with Crippen molar-refractivity contribution in [2.24, 2.45) is 5.92 Å². The van der Waals surface area contributed by atoms with Gasteiger partial charge in [0.1, 0.15) is 11.8 Å². The lowest BCUT2D eigenvalue weighted by Crippen LogP contribution is -2.61. The van der Waals surface area contributed by atoms with Crippen molar-refractivity contribution in [3.05, 3.63) is 53.4 Å².